The average Bonchev–Trinajstić information content (AvgIpc) is 3.21. The number of aromatic nitrogens is 4. The lowest BCUT2D eigenvalue weighted by atomic mass is 10.1. The first-order chi connectivity index (χ1) is 12.1. The third-order valence-electron chi connectivity index (χ3n) is 4.72. The normalized spacial score (nSPS) is 17.2. The Morgan fingerprint density at radius 2 is 2.08 bits per heavy atom. The molecule has 3 aromatic heterocycles. The van der Waals surface area contributed by atoms with Gasteiger partial charge in [-0.2, -0.15) is 0 Å². The highest BCUT2D eigenvalue weighted by Gasteiger charge is 2.21. The summed E-state index contributed by atoms with van der Waals surface area (Å²) in [6.07, 6.45) is 6.06. The molecule has 1 fully saturated rings. The number of nitrogens with zero attached hydrogens (tertiary/aromatic N) is 4. The number of aliphatic hydroxyl groups is 1. The number of hydrogen-bond donors (Lipinski definition) is 2. The zero-order valence-electron chi connectivity index (χ0n) is 14.4. The summed E-state index contributed by atoms with van der Waals surface area (Å²) in [6.45, 7) is 5.51. The molecule has 1 atom stereocenters. The van der Waals surface area contributed by atoms with Gasteiger partial charge in [0, 0.05) is 36.7 Å². The molecule has 0 aromatic carbocycles. The van der Waals surface area contributed by atoms with Gasteiger partial charge in [-0.25, -0.2) is 4.98 Å². The first-order valence-corrected chi connectivity index (χ1v) is 8.48. The fraction of sp³-hybridized carbons (Fsp3) is 0.316. The maximum absolute atomic E-state index is 9.75. The Hall–Kier alpha value is -2.73. The van der Waals surface area contributed by atoms with Crippen molar-refractivity contribution in [3.63, 3.8) is 0 Å². The van der Waals surface area contributed by atoms with Gasteiger partial charge in [0.1, 0.15) is 5.69 Å². The van der Waals surface area contributed by atoms with Gasteiger partial charge in [0.2, 0.25) is 0 Å². The number of hydrogen-bond acceptors (Lipinski definition) is 5. The van der Waals surface area contributed by atoms with E-state index in [1.807, 2.05) is 38.4 Å². The Kier molecular flexibility index (Phi) is 3.97. The summed E-state index contributed by atoms with van der Waals surface area (Å²) in [4.78, 5) is 18.8. The van der Waals surface area contributed by atoms with E-state index in [0.717, 1.165) is 52.7 Å². The molecule has 3 aromatic rings. The van der Waals surface area contributed by atoms with Crippen LogP contribution >= 0.6 is 0 Å². The van der Waals surface area contributed by atoms with Gasteiger partial charge < -0.3 is 15.0 Å². The van der Waals surface area contributed by atoms with Gasteiger partial charge in [-0.15, -0.1) is 0 Å². The number of aromatic amines is 1. The van der Waals surface area contributed by atoms with Crippen molar-refractivity contribution in [1.82, 2.24) is 19.9 Å². The fourth-order valence-electron chi connectivity index (χ4n) is 3.14. The van der Waals surface area contributed by atoms with E-state index >= 15 is 0 Å². The van der Waals surface area contributed by atoms with Gasteiger partial charge in [0.15, 0.2) is 5.82 Å². The van der Waals surface area contributed by atoms with Gasteiger partial charge in [-0.1, -0.05) is 0 Å². The topological polar surface area (TPSA) is 77.9 Å². The molecule has 2 N–H and O–H groups in total. The highest BCUT2D eigenvalue weighted by atomic mass is 16.3. The Bertz CT molecular complexity index is 885. The van der Waals surface area contributed by atoms with Crippen LogP contribution in [0.1, 0.15) is 17.8 Å². The summed E-state index contributed by atoms with van der Waals surface area (Å²) in [7, 11) is 0. The third-order valence-corrected chi connectivity index (χ3v) is 4.72. The second-order valence-electron chi connectivity index (χ2n) is 6.55. The molecule has 0 radical (unpaired) electrons. The van der Waals surface area contributed by atoms with Crippen molar-refractivity contribution in [2.45, 2.75) is 26.4 Å². The number of pyridine rings is 2. The number of rotatable bonds is 3. The molecule has 128 valence electrons. The Morgan fingerprint density at radius 1 is 1.20 bits per heavy atom. The Labute approximate surface area is 146 Å². The molecular weight excluding hydrogens is 314 g/mol. The minimum atomic E-state index is -0.249. The van der Waals surface area contributed by atoms with E-state index in [1.165, 1.54) is 0 Å². The molecule has 4 heterocycles. The monoisotopic (exact) mass is 335 g/mol. The molecule has 6 heteroatoms. The van der Waals surface area contributed by atoms with Gasteiger partial charge in [-0.3, -0.25) is 9.97 Å². The highest BCUT2D eigenvalue weighted by molar-refractivity contribution is 5.70. The first kappa shape index (κ1) is 15.8. The molecule has 6 nitrogen and oxygen atoms in total. The molecule has 0 aliphatic carbocycles. The molecule has 1 saturated heterocycles. The van der Waals surface area contributed by atoms with Crippen LogP contribution in [0.4, 0.5) is 5.69 Å². The number of nitrogens with one attached hydrogen (secondary N) is 1. The number of β-amino-alcohol motifs (C(OH)–C–C–N with tert-alkyl or cyclic N) is 1. The zero-order chi connectivity index (χ0) is 17.4. The SMILES string of the molecule is Cc1nc(-c2cc(-c3cncc(N4CC[C@H](O)C4)c3)ccn2)[nH]c1C. The van der Waals surface area contributed by atoms with Crippen LogP contribution < -0.4 is 4.90 Å². The summed E-state index contributed by atoms with van der Waals surface area (Å²) in [5.74, 6) is 0.781. The molecule has 1 aliphatic rings. The fourth-order valence-corrected chi connectivity index (χ4v) is 3.14. The lowest BCUT2D eigenvalue weighted by molar-refractivity contribution is 0.198. The summed E-state index contributed by atoms with van der Waals surface area (Å²) >= 11 is 0. The van der Waals surface area contributed by atoms with Crippen molar-refractivity contribution < 1.29 is 5.11 Å². The molecule has 0 bridgehead atoms. The van der Waals surface area contributed by atoms with Crippen LogP contribution in [0.2, 0.25) is 0 Å². The van der Waals surface area contributed by atoms with Crippen LogP contribution in [0.3, 0.4) is 0 Å². The summed E-state index contributed by atoms with van der Waals surface area (Å²) in [5.41, 5.74) is 5.97. The Balaban J connectivity index is 1.67. The van der Waals surface area contributed by atoms with Crippen molar-refractivity contribution >= 4 is 5.69 Å². The second-order valence-corrected chi connectivity index (χ2v) is 6.55. The van der Waals surface area contributed by atoms with Gasteiger partial charge in [-0.05, 0) is 44.0 Å². The first-order valence-electron chi connectivity index (χ1n) is 8.48. The van der Waals surface area contributed by atoms with Crippen LogP contribution in [-0.4, -0.2) is 44.2 Å². The molecule has 25 heavy (non-hydrogen) atoms. The predicted molar refractivity (Wildman–Crippen MR) is 97.4 cm³/mol. The third kappa shape index (κ3) is 3.13. The molecular formula is C19H21N5O. The van der Waals surface area contributed by atoms with Crippen molar-refractivity contribution in [3.8, 4) is 22.6 Å². The molecule has 1 aliphatic heterocycles. The van der Waals surface area contributed by atoms with E-state index in [2.05, 4.69) is 30.9 Å². The van der Waals surface area contributed by atoms with Crippen molar-refractivity contribution in [2.24, 2.45) is 0 Å². The van der Waals surface area contributed by atoms with Crippen LogP contribution in [0.25, 0.3) is 22.6 Å². The largest absolute Gasteiger partial charge is 0.391 e. The van der Waals surface area contributed by atoms with Crippen molar-refractivity contribution in [2.75, 3.05) is 18.0 Å². The number of imidazole rings is 1. The number of aliphatic hydroxyl groups excluding tert-OH is 1. The number of H-pyrrole nitrogens is 1. The maximum atomic E-state index is 9.75. The minimum absolute atomic E-state index is 0.249. The van der Waals surface area contributed by atoms with Crippen molar-refractivity contribution in [3.05, 3.63) is 48.2 Å². The quantitative estimate of drug-likeness (QED) is 0.769. The summed E-state index contributed by atoms with van der Waals surface area (Å²) < 4.78 is 0. The van der Waals surface area contributed by atoms with Gasteiger partial charge in [0.25, 0.3) is 0 Å². The van der Waals surface area contributed by atoms with Gasteiger partial charge >= 0.3 is 0 Å². The molecule has 0 amide bonds. The summed E-state index contributed by atoms with van der Waals surface area (Å²) in [6, 6.07) is 6.12. The van der Waals surface area contributed by atoms with Crippen LogP contribution in [0.5, 0.6) is 0 Å². The van der Waals surface area contributed by atoms with Crippen LogP contribution in [0, 0.1) is 13.8 Å². The molecule has 0 unspecified atom stereocenters. The number of aryl methyl sites for hydroxylation is 2. The van der Waals surface area contributed by atoms with E-state index in [1.54, 1.807) is 6.20 Å². The molecule has 0 spiro atoms. The van der Waals surface area contributed by atoms with Crippen molar-refractivity contribution in [1.29, 1.82) is 0 Å². The smallest absolute Gasteiger partial charge is 0.156 e. The number of anilines is 1. The minimum Gasteiger partial charge on any atom is -0.391 e. The Morgan fingerprint density at radius 3 is 2.80 bits per heavy atom. The van der Waals surface area contributed by atoms with E-state index < -0.39 is 0 Å². The highest BCUT2D eigenvalue weighted by Crippen LogP contribution is 2.27. The molecule has 4 rings (SSSR count). The lowest BCUT2D eigenvalue weighted by Gasteiger charge is -2.18. The van der Waals surface area contributed by atoms with E-state index in [-0.39, 0.29) is 6.10 Å². The van der Waals surface area contributed by atoms with Gasteiger partial charge in [0.05, 0.1) is 23.7 Å². The average molecular weight is 335 g/mol. The zero-order valence-corrected chi connectivity index (χ0v) is 14.4. The standard InChI is InChI=1S/C19H21N5O/c1-12-13(2)23-19(22-12)18-8-14(3-5-21-18)15-7-16(10-20-9-15)24-6-4-17(25)11-24/h3,5,7-10,17,25H,4,6,11H2,1-2H3,(H,22,23)/t17-/m0/s1. The van der Waals surface area contributed by atoms with Crippen LogP contribution in [-0.2, 0) is 0 Å². The molecule has 0 saturated carbocycles. The predicted octanol–water partition coefficient (Wildman–Crippen LogP) is 2.72. The van der Waals surface area contributed by atoms with E-state index in [4.69, 9.17) is 0 Å². The van der Waals surface area contributed by atoms with Crippen LogP contribution in [0.15, 0.2) is 36.8 Å². The summed E-state index contributed by atoms with van der Waals surface area (Å²) in [5, 5.41) is 9.75. The lowest BCUT2D eigenvalue weighted by Crippen LogP contribution is -2.21. The van der Waals surface area contributed by atoms with E-state index in [0.29, 0.717) is 6.54 Å². The maximum Gasteiger partial charge on any atom is 0.156 e. The second kappa shape index (κ2) is 6.29. The van der Waals surface area contributed by atoms with E-state index in [9.17, 15) is 5.11 Å².